The zero-order valence-corrected chi connectivity index (χ0v) is 10.9. The summed E-state index contributed by atoms with van der Waals surface area (Å²) in [6, 6.07) is 0.251. The lowest BCUT2D eigenvalue weighted by Gasteiger charge is -2.23. The van der Waals surface area contributed by atoms with E-state index in [1.54, 1.807) is 0 Å². The molecular weight excluding hydrogens is 190 g/mol. The molecule has 0 fully saturated rings. The Morgan fingerprint density at radius 3 is 2.20 bits per heavy atom. The molecule has 3 heteroatoms. The summed E-state index contributed by atoms with van der Waals surface area (Å²) in [5, 5.41) is 2.97. The topological polar surface area (TPSA) is 38.3 Å². The number of carbonyl (C=O) groups excluding carboxylic acids is 1. The Balaban J connectivity index is 3.92. The van der Waals surface area contributed by atoms with Crippen LogP contribution in [0.25, 0.3) is 0 Å². The number of carbonyl (C=O) groups is 1. The van der Waals surface area contributed by atoms with Crippen molar-refractivity contribution in [2.24, 2.45) is 5.92 Å². The molecule has 1 amide bonds. The van der Waals surface area contributed by atoms with E-state index in [1.165, 1.54) is 0 Å². The third kappa shape index (κ3) is 7.37. The van der Waals surface area contributed by atoms with Gasteiger partial charge >= 0.3 is 0 Å². The number of nitrogens with one attached hydrogen (secondary N) is 1. The van der Waals surface area contributed by atoms with Crippen LogP contribution in [-0.2, 0) is 9.53 Å². The van der Waals surface area contributed by atoms with E-state index in [-0.39, 0.29) is 24.2 Å². The van der Waals surface area contributed by atoms with Gasteiger partial charge < -0.3 is 10.1 Å². The van der Waals surface area contributed by atoms with Crippen molar-refractivity contribution in [3.8, 4) is 0 Å². The van der Waals surface area contributed by atoms with E-state index in [1.807, 2.05) is 20.8 Å². The second-order valence-electron chi connectivity index (χ2n) is 5.23. The van der Waals surface area contributed by atoms with Gasteiger partial charge in [0.05, 0.1) is 5.60 Å². The van der Waals surface area contributed by atoms with Crippen molar-refractivity contribution in [3.05, 3.63) is 0 Å². The average molecular weight is 215 g/mol. The van der Waals surface area contributed by atoms with Gasteiger partial charge in [0.25, 0.3) is 0 Å². The normalized spacial score (nSPS) is 14.1. The Bertz CT molecular complexity index is 194. The fourth-order valence-electron chi connectivity index (χ4n) is 1.27. The van der Waals surface area contributed by atoms with Gasteiger partial charge in [-0.15, -0.1) is 0 Å². The SMILES string of the molecule is CCC(NC(=O)COC(C)(C)C)C(C)C. The highest BCUT2D eigenvalue weighted by molar-refractivity contribution is 5.77. The Labute approximate surface area is 93.6 Å². The third-order valence-electron chi connectivity index (χ3n) is 2.23. The standard InChI is InChI=1S/C12H25NO2/c1-7-10(9(2)3)13-11(14)8-15-12(4,5)6/h9-10H,7-8H2,1-6H3,(H,13,14). The monoisotopic (exact) mass is 215 g/mol. The Kier molecular flexibility index (Phi) is 5.88. The van der Waals surface area contributed by atoms with E-state index in [0.29, 0.717) is 5.92 Å². The maximum Gasteiger partial charge on any atom is 0.246 e. The minimum Gasteiger partial charge on any atom is -0.366 e. The van der Waals surface area contributed by atoms with Crippen molar-refractivity contribution in [3.63, 3.8) is 0 Å². The van der Waals surface area contributed by atoms with Crippen LogP contribution in [0.15, 0.2) is 0 Å². The maximum atomic E-state index is 11.5. The van der Waals surface area contributed by atoms with Crippen LogP contribution < -0.4 is 5.32 Å². The maximum absolute atomic E-state index is 11.5. The van der Waals surface area contributed by atoms with Gasteiger partial charge in [-0.25, -0.2) is 0 Å². The van der Waals surface area contributed by atoms with Gasteiger partial charge in [-0.1, -0.05) is 20.8 Å². The summed E-state index contributed by atoms with van der Waals surface area (Å²) >= 11 is 0. The first kappa shape index (κ1) is 14.4. The first-order valence-electron chi connectivity index (χ1n) is 5.69. The quantitative estimate of drug-likeness (QED) is 0.764. The molecule has 0 aliphatic heterocycles. The molecule has 0 rings (SSSR count). The van der Waals surface area contributed by atoms with E-state index in [0.717, 1.165) is 6.42 Å². The van der Waals surface area contributed by atoms with Gasteiger partial charge in [-0.3, -0.25) is 4.79 Å². The summed E-state index contributed by atoms with van der Waals surface area (Å²) in [4.78, 5) is 11.5. The largest absolute Gasteiger partial charge is 0.366 e. The number of ether oxygens (including phenoxy) is 1. The molecule has 1 unspecified atom stereocenters. The van der Waals surface area contributed by atoms with Crippen LogP contribution in [0.2, 0.25) is 0 Å². The molecule has 0 aromatic carbocycles. The lowest BCUT2D eigenvalue weighted by molar-refractivity contribution is -0.131. The van der Waals surface area contributed by atoms with E-state index < -0.39 is 0 Å². The number of amides is 1. The molecule has 3 nitrogen and oxygen atoms in total. The highest BCUT2D eigenvalue weighted by Gasteiger charge is 2.16. The first-order chi connectivity index (χ1) is 6.76. The predicted octanol–water partition coefficient (Wildman–Crippen LogP) is 2.35. The van der Waals surface area contributed by atoms with Gasteiger partial charge in [-0.2, -0.15) is 0 Å². The molecule has 0 aliphatic rings. The summed E-state index contributed by atoms with van der Waals surface area (Å²) in [5.74, 6) is 0.444. The third-order valence-corrected chi connectivity index (χ3v) is 2.23. The summed E-state index contributed by atoms with van der Waals surface area (Å²) in [7, 11) is 0. The molecule has 15 heavy (non-hydrogen) atoms. The van der Waals surface area contributed by atoms with E-state index in [4.69, 9.17) is 4.74 Å². The molecule has 0 aliphatic carbocycles. The van der Waals surface area contributed by atoms with Gasteiger partial charge in [0.2, 0.25) is 5.91 Å². The van der Waals surface area contributed by atoms with Crippen molar-refractivity contribution < 1.29 is 9.53 Å². The van der Waals surface area contributed by atoms with Crippen molar-refractivity contribution in [2.75, 3.05) is 6.61 Å². The minimum atomic E-state index is -0.253. The zero-order chi connectivity index (χ0) is 12.1. The molecule has 90 valence electrons. The Morgan fingerprint density at radius 2 is 1.87 bits per heavy atom. The van der Waals surface area contributed by atoms with Crippen LogP contribution in [0.3, 0.4) is 0 Å². The van der Waals surface area contributed by atoms with Crippen LogP contribution in [0, 0.1) is 5.92 Å². The molecule has 0 aromatic heterocycles. The summed E-state index contributed by atoms with van der Waals surface area (Å²) in [5.41, 5.74) is -0.253. The Morgan fingerprint density at radius 1 is 1.33 bits per heavy atom. The lowest BCUT2D eigenvalue weighted by Crippen LogP contribution is -2.41. The van der Waals surface area contributed by atoms with E-state index in [9.17, 15) is 4.79 Å². The van der Waals surface area contributed by atoms with Crippen molar-refractivity contribution in [1.29, 1.82) is 0 Å². The van der Waals surface area contributed by atoms with Gasteiger partial charge in [0, 0.05) is 6.04 Å². The zero-order valence-electron chi connectivity index (χ0n) is 10.9. The number of rotatable bonds is 5. The Hall–Kier alpha value is -0.570. The molecule has 0 saturated heterocycles. The number of hydrogen-bond donors (Lipinski definition) is 1. The lowest BCUT2D eigenvalue weighted by atomic mass is 10.0. The minimum absolute atomic E-state index is 0.0227. The van der Waals surface area contributed by atoms with Crippen LogP contribution in [0.5, 0.6) is 0 Å². The summed E-state index contributed by atoms with van der Waals surface area (Å²) in [6.07, 6.45) is 0.957. The van der Waals surface area contributed by atoms with Crippen LogP contribution in [0.1, 0.15) is 48.0 Å². The van der Waals surface area contributed by atoms with Crippen LogP contribution in [0.4, 0.5) is 0 Å². The smallest absolute Gasteiger partial charge is 0.246 e. The van der Waals surface area contributed by atoms with Crippen molar-refractivity contribution >= 4 is 5.91 Å². The van der Waals surface area contributed by atoms with Gasteiger partial charge in [-0.05, 0) is 33.1 Å². The molecular formula is C12H25NO2. The molecule has 0 saturated carbocycles. The summed E-state index contributed by atoms with van der Waals surface area (Å²) < 4.78 is 5.40. The molecule has 1 N–H and O–H groups in total. The summed E-state index contributed by atoms with van der Waals surface area (Å²) in [6.45, 7) is 12.3. The molecule has 0 aromatic rings. The molecule has 0 heterocycles. The van der Waals surface area contributed by atoms with E-state index >= 15 is 0 Å². The van der Waals surface area contributed by atoms with Gasteiger partial charge in [0.15, 0.2) is 0 Å². The number of hydrogen-bond acceptors (Lipinski definition) is 2. The van der Waals surface area contributed by atoms with E-state index in [2.05, 4.69) is 26.1 Å². The molecule has 0 spiro atoms. The first-order valence-corrected chi connectivity index (χ1v) is 5.69. The van der Waals surface area contributed by atoms with Crippen LogP contribution >= 0.6 is 0 Å². The second kappa shape index (κ2) is 6.11. The fraction of sp³-hybridized carbons (Fsp3) is 0.917. The van der Waals surface area contributed by atoms with Crippen LogP contribution in [-0.4, -0.2) is 24.2 Å². The predicted molar refractivity (Wildman–Crippen MR) is 62.8 cm³/mol. The van der Waals surface area contributed by atoms with Crippen molar-refractivity contribution in [1.82, 2.24) is 5.32 Å². The average Bonchev–Trinajstić information content (AvgIpc) is 2.09. The second-order valence-corrected chi connectivity index (χ2v) is 5.23. The molecule has 0 radical (unpaired) electrons. The van der Waals surface area contributed by atoms with Crippen molar-refractivity contribution in [2.45, 2.75) is 59.6 Å². The molecule has 1 atom stereocenters. The highest BCUT2D eigenvalue weighted by atomic mass is 16.5. The fourth-order valence-corrected chi connectivity index (χ4v) is 1.27. The van der Waals surface area contributed by atoms with Gasteiger partial charge in [0.1, 0.15) is 6.61 Å². The molecule has 0 bridgehead atoms. The highest BCUT2D eigenvalue weighted by Crippen LogP contribution is 2.07.